The molecule has 1 N–H and O–H groups in total. The van der Waals surface area contributed by atoms with Gasteiger partial charge in [0, 0.05) is 5.92 Å². The van der Waals surface area contributed by atoms with E-state index in [0.29, 0.717) is 6.42 Å². The second kappa shape index (κ2) is 5.92. The Hall–Kier alpha value is -2.47. The molecule has 19 heavy (non-hydrogen) atoms. The molecule has 0 aliphatic heterocycles. The molecule has 0 fully saturated rings. The minimum atomic E-state index is -1.57. The Labute approximate surface area is 113 Å². The standard InChI is InChI=1S/C15H15N4/c1-11(2)5-12-3-4-13(6-12)15(9-18,10-19)14(7-16)8-17/h6,13,16H,3-5H2,1-2H3/q+1. The Morgan fingerprint density at radius 2 is 2.05 bits per heavy atom. The second-order valence-corrected chi connectivity index (χ2v) is 5.00. The zero-order valence-electron chi connectivity index (χ0n) is 11.1. The van der Waals surface area contributed by atoms with Crippen LogP contribution in [0.25, 0.3) is 0 Å². The van der Waals surface area contributed by atoms with Crippen LogP contribution in [0.1, 0.15) is 33.1 Å². The molecule has 0 amide bonds. The highest BCUT2D eigenvalue weighted by Gasteiger charge is 2.45. The van der Waals surface area contributed by atoms with Gasteiger partial charge >= 0.3 is 0 Å². The van der Waals surface area contributed by atoms with Crippen LogP contribution in [0.15, 0.2) is 17.2 Å². The fourth-order valence-corrected chi connectivity index (χ4v) is 2.44. The Morgan fingerprint density at radius 3 is 2.47 bits per heavy atom. The fraction of sp³-hybridized carbons (Fsp3) is 0.467. The van der Waals surface area contributed by atoms with Crippen molar-refractivity contribution in [3.8, 4) is 18.2 Å². The minimum Gasteiger partial charge on any atom is -0.258 e. The molecule has 1 aliphatic rings. The molecule has 0 saturated carbocycles. The van der Waals surface area contributed by atoms with E-state index in [-0.39, 0.29) is 11.5 Å². The normalized spacial score (nSPS) is 17.4. The number of nitriles is 3. The maximum Gasteiger partial charge on any atom is 0.193 e. The summed E-state index contributed by atoms with van der Waals surface area (Å²) in [6.45, 7) is 4.07. The van der Waals surface area contributed by atoms with E-state index in [4.69, 9.17) is 10.7 Å². The lowest BCUT2D eigenvalue weighted by atomic mass is 9.72. The zero-order chi connectivity index (χ0) is 14.5. The number of rotatable bonds is 4. The first-order valence-corrected chi connectivity index (χ1v) is 6.05. The second-order valence-electron chi connectivity index (χ2n) is 5.00. The van der Waals surface area contributed by atoms with Crippen LogP contribution in [0.4, 0.5) is 0 Å². The number of allylic oxidation sites excluding steroid dienone is 3. The molecular formula is C15H15N4+. The van der Waals surface area contributed by atoms with Gasteiger partial charge < -0.3 is 0 Å². The number of hydrogen-bond donors (Lipinski definition) is 1. The molecule has 1 rings (SSSR count). The first kappa shape index (κ1) is 14.6. The van der Waals surface area contributed by atoms with E-state index < -0.39 is 5.41 Å². The van der Waals surface area contributed by atoms with Crippen molar-refractivity contribution in [1.82, 2.24) is 0 Å². The first-order chi connectivity index (χ1) is 9.03. The number of nitrogens with one attached hydrogen (secondary N) is 1. The molecule has 94 valence electrons. The summed E-state index contributed by atoms with van der Waals surface area (Å²) in [7, 11) is 0. The van der Waals surface area contributed by atoms with Gasteiger partial charge in [0.05, 0.1) is 31.9 Å². The van der Waals surface area contributed by atoms with Crippen molar-refractivity contribution in [3.63, 3.8) is 0 Å². The molecule has 4 heteroatoms. The predicted octanol–water partition coefficient (Wildman–Crippen LogP) is 3.06. The molecule has 0 aromatic carbocycles. The summed E-state index contributed by atoms with van der Waals surface area (Å²) < 4.78 is 0. The molecule has 0 spiro atoms. The molecule has 0 aromatic heterocycles. The van der Waals surface area contributed by atoms with Gasteiger partial charge in [0.25, 0.3) is 0 Å². The van der Waals surface area contributed by atoms with Crippen molar-refractivity contribution in [1.29, 1.82) is 21.2 Å². The smallest absolute Gasteiger partial charge is 0.193 e. The monoisotopic (exact) mass is 251 g/mol. The van der Waals surface area contributed by atoms with E-state index in [2.05, 4.69) is 0 Å². The minimum absolute atomic E-state index is 0.197. The van der Waals surface area contributed by atoms with Crippen molar-refractivity contribution in [2.24, 2.45) is 11.3 Å². The molecule has 0 saturated heterocycles. The Balaban J connectivity index is 3.16. The topological polar surface area (TPSA) is 95.2 Å². The van der Waals surface area contributed by atoms with Crippen LogP contribution in [-0.4, -0.2) is 5.87 Å². The Bertz CT molecular complexity index is 542. The van der Waals surface area contributed by atoms with Crippen molar-refractivity contribution in [3.05, 3.63) is 23.1 Å². The van der Waals surface area contributed by atoms with Crippen LogP contribution in [-0.2, 0) is 0 Å². The quantitative estimate of drug-likeness (QED) is 0.360. The zero-order valence-corrected chi connectivity index (χ0v) is 11.1. The van der Waals surface area contributed by atoms with Gasteiger partial charge in [-0.15, -0.1) is 0 Å². The molecule has 0 radical (unpaired) electrons. The predicted molar refractivity (Wildman–Crippen MR) is 70.5 cm³/mol. The molecule has 1 unspecified atom stereocenters. The van der Waals surface area contributed by atoms with Gasteiger partial charge in [-0.05, 0) is 24.3 Å². The van der Waals surface area contributed by atoms with Crippen molar-refractivity contribution in [2.75, 3.05) is 0 Å². The lowest BCUT2D eigenvalue weighted by molar-refractivity contribution is 0.447. The summed E-state index contributed by atoms with van der Waals surface area (Å²) in [6.07, 6.45) is 4.28. The highest BCUT2D eigenvalue weighted by atomic mass is 14.5. The first-order valence-electron chi connectivity index (χ1n) is 6.05. The molecule has 1 aliphatic carbocycles. The average Bonchev–Trinajstić information content (AvgIpc) is 2.84. The number of nitrogens with zero attached hydrogens (tertiary/aromatic N) is 3. The van der Waals surface area contributed by atoms with Crippen molar-refractivity contribution >= 4 is 5.87 Å². The molecular weight excluding hydrogens is 236 g/mol. The van der Waals surface area contributed by atoms with Crippen LogP contribution < -0.4 is 0 Å². The van der Waals surface area contributed by atoms with Gasteiger partial charge in [-0.2, -0.15) is 15.8 Å². The fourth-order valence-electron chi connectivity index (χ4n) is 2.44. The third kappa shape index (κ3) is 2.69. The van der Waals surface area contributed by atoms with E-state index in [0.717, 1.165) is 12.8 Å². The van der Waals surface area contributed by atoms with Crippen LogP contribution in [0.5, 0.6) is 0 Å². The van der Waals surface area contributed by atoms with E-state index >= 15 is 0 Å². The van der Waals surface area contributed by atoms with E-state index in [1.165, 1.54) is 11.5 Å². The summed E-state index contributed by atoms with van der Waals surface area (Å²) in [5, 5.41) is 34.8. The van der Waals surface area contributed by atoms with Crippen LogP contribution >= 0.6 is 0 Å². The summed E-state index contributed by atoms with van der Waals surface area (Å²) >= 11 is 0. The summed E-state index contributed by atoms with van der Waals surface area (Å²) in [5.74, 6) is 2.90. The van der Waals surface area contributed by atoms with Crippen molar-refractivity contribution in [2.45, 2.75) is 33.1 Å². The molecule has 0 heterocycles. The molecule has 0 aromatic rings. The summed E-state index contributed by atoms with van der Waals surface area (Å²) in [5.41, 5.74) is -0.570. The highest BCUT2D eigenvalue weighted by molar-refractivity contribution is 5.67. The lowest BCUT2D eigenvalue weighted by Gasteiger charge is -2.21. The van der Waals surface area contributed by atoms with E-state index in [1.54, 1.807) is 6.07 Å². The van der Waals surface area contributed by atoms with Gasteiger partial charge in [-0.25, -0.2) is 0 Å². The van der Waals surface area contributed by atoms with E-state index in [9.17, 15) is 10.5 Å². The van der Waals surface area contributed by atoms with Gasteiger partial charge in [0.2, 0.25) is 0 Å². The third-order valence-electron chi connectivity index (χ3n) is 3.33. The largest absolute Gasteiger partial charge is 0.258 e. The summed E-state index contributed by atoms with van der Waals surface area (Å²) in [6, 6.07) is 5.62. The summed E-state index contributed by atoms with van der Waals surface area (Å²) in [4.78, 5) is 0. The molecule has 0 bridgehead atoms. The lowest BCUT2D eigenvalue weighted by Crippen LogP contribution is -2.27. The molecule has 1 atom stereocenters. The third-order valence-corrected chi connectivity index (χ3v) is 3.33. The van der Waals surface area contributed by atoms with Crippen LogP contribution in [0, 0.1) is 56.7 Å². The van der Waals surface area contributed by atoms with Crippen molar-refractivity contribution < 1.29 is 0 Å². The maximum absolute atomic E-state index is 9.34. The molecule has 4 nitrogen and oxygen atoms in total. The van der Waals surface area contributed by atoms with Gasteiger partial charge in [0.15, 0.2) is 5.41 Å². The average molecular weight is 251 g/mol. The highest BCUT2D eigenvalue weighted by Crippen LogP contribution is 2.43. The SMILES string of the molecule is C[C+](C)CC1=CC(C(C#N)(C#N)C(=C=N)C#N)CC1. The Kier molecular flexibility index (Phi) is 4.55. The van der Waals surface area contributed by atoms with Crippen LogP contribution in [0.3, 0.4) is 0 Å². The van der Waals surface area contributed by atoms with Gasteiger partial charge in [0.1, 0.15) is 18.1 Å². The van der Waals surface area contributed by atoms with Crippen LogP contribution in [0.2, 0.25) is 0 Å². The number of hydrogen-bond acceptors (Lipinski definition) is 4. The van der Waals surface area contributed by atoms with Gasteiger partial charge in [-0.1, -0.05) is 6.08 Å². The van der Waals surface area contributed by atoms with E-state index in [1.807, 2.05) is 37.9 Å². The Morgan fingerprint density at radius 1 is 1.42 bits per heavy atom. The van der Waals surface area contributed by atoms with Gasteiger partial charge in [-0.3, -0.25) is 5.41 Å². The maximum atomic E-state index is 9.34.